The Kier molecular flexibility index (Phi) is 4.43. The molecule has 0 aromatic heterocycles. The fraction of sp³-hybridized carbons (Fsp3) is 0.533. The second-order valence-corrected chi connectivity index (χ2v) is 5.43. The zero-order valence-electron chi connectivity index (χ0n) is 12.0. The van der Waals surface area contributed by atoms with Gasteiger partial charge in [0.15, 0.2) is 0 Å². The minimum absolute atomic E-state index is 0.108. The third-order valence-electron chi connectivity index (χ3n) is 3.35. The second kappa shape index (κ2) is 6.06. The lowest BCUT2D eigenvalue weighted by atomic mass is 10.1. The van der Waals surface area contributed by atoms with E-state index in [9.17, 15) is 4.79 Å². The Morgan fingerprint density at radius 2 is 2.21 bits per heavy atom. The molecule has 4 nitrogen and oxygen atoms in total. The molecule has 104 valence electrons. The number of rotatable bonds is 4. The van der Waals surface area contributed by atoms with Crippen molar-refractivity contribution in [2.45, 2.75) is 33.4 Å². The molecule has 1 aromatic carbocycles. The molecular formula is C15H23N3O. The molecule has 1 aliphatic rings. The molecule has 0 radical (unpaired) electrons. The van der Waals surface area contributed by atoms with Gasteiger partial charge >= 0.3 is 0 Å². The first-order chi connectivity index (χ1) is 9.06. The lowest BCUT2D eigenvalue weighted by Crippen LogP contribution is -2.47. The molecule has 0 spiro atoms. The molecule has 0 unspecified atom stereocenters. The summed E-state index contributed by atoms with van der Waals surface area (Å²) < 4.78 is 0. The first-order valence-electron chi connectivity index (χ1n) is 6.91. The van der Waals surface area contributed by atoms with Crippen molar-refractivity contribution in [3.63, 3.8) is 0 Å². The monoisotopic (exact) mass is 261 g/mol. The normalized spacial score (nSPS) is 15.8. The van der Waals surface area contributed by atoms with Gasteiger partial charge in [-0.25, -0.2) is 0 Å². The lowest BCUT2D eigenvalue weighted by molar-refractivity contribution is -0.120. The van der Waals surface area contributed by atoms with Gasteiger partial charge in [-0.05, 0) is 24.1 Å². The van der Waals surface area contributed by atoms with E-state index in [1.165, 1.54) is 16.8 Å². The van der Waals surface area contributed by atoms with Crippen LogP contribution in [0.2, 0.25) is 0 Å². The van der Waals surface area contributed by atoms with E-state index < -0.39 is 0 Å². The highest BCUT2D eigenvalue weighted by atomic mass is 16.2. The number of amides is 1. The first-order valence-corrected chi connectivity index (χ1v) is 6.91. The van der Waals surface area contributed by atoms with Crippen LogP contribution in [0, 0.1) is 6.92 Å². The summed E-state index contributed by atoms with van der Waals surface area (Å²) in [5.74, 6) is 0.108. The number of nitrogens with zero attached hydrogens (tertiary/aromatic N) is 1. The van der Waals surface area contributed by atoms with Crippen LogP contribution in [0.1, 0.15) is 25.0 Å². The number of hydrogen-bond acceptors (Lipinski definition) is 3. The smallest absolute Gasteiger partial charge is 0.239 e. The highest BCUT2D eigenvalue weighted by Crippen LogP contribution is 2.21. The molecule has 1 aromatic rings. The van der Waals surface area contributed by atoms with Crippen molar-refractivity contribution in [2.75, 3.05) is 24.5 Å². The van der Waals surface area contributed by atoms with E-state index in [2.05, 4.69) is 54.5 Å². The number of anilines is 1. The van der Waals surface area contributed by atoms with Crippen molar-refractivity contribution in [3.8, 4) is 0 Å². The van der Waals surface area contributed by atoms with Gasteiger partial charge in [0.25, 0.3) is 0 Å². The fourth-order valence-corrected chi connectivity index (χ4v) is 2.35. The molecule has 1 fully saturated rings. The summed E-state index contributed by atoms with van der Waals surface area (Å²) in [6.07, 6.45) is 0. The van der Waals surface area contributed by atoms with Crippen LogP contribution in [-0.2, 0) is 11.3 Å². The van der Waals surface area contributed by atoms with E-state index in [-0.39, 0.29) is 5.91 Å². The van der Waals surface area contributed by atoms with Gasteiger partial charge in [-0.3, -0.25) is 4.79 Å². The first kappa shape index (κ1) is 13.9. The van der Waals surface area contributed by atoms with Crippen molar-refractivity contribution in [2.24, 2.45) is 0 Å². The maximum absolute atomic E-state index is 11.4. The predicted octanol–water partition coefficient (Wildman–Crippen LogP) is 1.43. The largest absolute Gasteiger partial charge is 0.360 e. The van der Waals surface area contributed by atoms with Crippen molar-refractivity contribution in [1.82, 2.24) is 10.6 Å². The number of carbonyl (C=O) groups excluding carboxylic acids is 1. The molecule has 4 heteroatoms. The Hall–Kier alpha value is -1.55. The minimum Gasteiger partial charge on any atom is -0.360 e. The molecule has 0 atom stereocenters. The van der Waals surface area contributed by atoms with Crippen molar-refractivity contribution in [3.05, 3.63) is 29.3 Å². The van der Waals surface area contributed by atoms with Crippen molar-refractivity contribution < 1.29 is 4.79 Å². The summed E-state index contributed by atoms with van der Waals surface area (Å²) >= 11 is 0. The van der Waals surface area contributed by atoms with Crippen LogP contribution in [0.15, 0.2) is 18.2 Å². The van der Waals surface area contributed by atoms with Gasteiger partial charge in [0.05, 0.1) is 6.54 Å². The summed E-state index contributed by atoms with van der Waals surface area (Å²) in [5.41, 5.74) is 3.69. The Labute approximate surface area is 115 Å². The van der Waals surface area contributed by atoms with Gasteiger partial charge in [-0.1, -0.05) is 26.0 Å². The molecule has 1 heterocycles. The molecule has 1 aliphatic heterocycles. The standard InChI is InChI=1S/C15H23N3O/c1-11(2)17-9-13-4-5-14(12(3)8-13)18-7-6-16-15(19)10-18/h4-5,8,11,17H,6-7,9-10H2,1-3H3,(H,16,19). The summed E-state index contributed by atoms with van der Waals surface area (Å²) in [6.45, 7) is 9.37. The molecule has 1 saturated heterocycles. The molecule has 0 saturated carbocycles. The van der Waals surface area contributed by atoms with E-state index in [4.69, 9.17) is 0 Å². The molecular weight excluding hydrogens is 238 g/mol. The summed E-state index contributed by atoms with van der Waals surface area (Å²) in [4.78, 5) is 13.6. The van der Waals surface area contributed by atoms with Gasteiger partial charge in [0.2, 0.25) is 5.91 Å². The van der Waals surface area contributed by atoms with Gasteiger partial charge in [0, 0.05) is 31.4 Å². The Morgan fingerprint density at radius 3 is 2.84 bits per heavy atom. The average Bonchev–Trinajstić information content (AvgIpc) is 2.36. The van der Waals surface area contributed by atoms with Crippen molar-refractivity contribution in [1.29, 1.82) is 0 Å². The Balaban J connectivity index is 2.08. The topological polar surface area (TPSA) is 44.4 Å². The maximum atomic E-state index is 11.4. The molecule has 0 aliphatic carbocycles. The van der Waals surface area contributed by atoms with Crippen LogP contribution in [-0.4, -0.2) is 31.6 Å². The van der Waals surface area contributed by atoms with E-state index in [1.807, 2.05) is 0 Å². The highest BCUT2D eigenvalue weighted by molar-refractivity contribution is 5.83. The number of piperazine rings is 1. The molecule has 1 amide bonds. The fourth-order valence-electron chi connectivity index (χ4n) is 2.35. The molecule has 2 N–H and O–H groups in total. The van der Waals surface area contributed by atoms with Crippen LogP contribution in [0.3, 0.4) is 0 Å². The molecule has 19 heavy (non-hydrogen) atoms. The van der Waals surface area contributed by atoms with E-state index in [0.717, 1.165) is 19.6 Å². The van der Waals surface area contributed by atoms with Gasteiger partial charge in [-0.15, -0.1) is 0 Å². The number of nitrogens with one attached hydrogen (secondary N) is 2. The number of hydrogen-bond donors (Lipinski definition) is 2. The summed E-state index contributed by atoms with van der Waals surface area (Å²) in [7, 11) is 0. The molecule has 0 bridgehead atoms. The summed E-state index contributed by atoms with van der Waals surface area (Å²) in [5, 5.41) is 6.27. The van der Waals surface area contributed by atoms with E-state index >= 15 is 0 Å². The third kappa shape index (κ3) is 3.70. The zero-order valence-corrected chi connectivity index (χ0v) is 12.0. The number of carbonyl (C=O) groups is 1. The van der Waals surface area contributed by atoms with Crippen LogP contribution in [0.5, 0.6) is 0 Å². The predicted molar refractivity (Wildman–Crippen MR) is 78.4 cm³/mol. The minimum atomic E-state index is 0.108. The quantitative estimate of drug-likeness (QED) is 0.862. The third-order valence-corrected chi connectivity index (χ3v) is 3.35. The van der Waals surface area contributed by atoms with Crippen LogP contribution in [0.4, 0.5) is 5.69 Å². The average molecular weight is 261 g/mol. The second-order valence-electron chi connectivity index (χ2n) is 5.43. The highest BCUT2D eigenvalue weighted by Gasteiger charge is 2.17. The SMILES string of the molecule is Cc1cc(CNC(C)C)ccc1N1CCNC(=O)C1. The zero-order chi connectivity index (χ0) is 13.8. The van der Waals surface area contributed by atoms with E-state index in [1.54, 1.807) is 0 Å². The molecule has 2 rings (SSSR count). The lowest BCUT2D eigenvalue weighted by Gasteiger charge is -2.30. The van der Waals surface area contributed by atoms with Gasteiger partial charge in [-0.2, -0.15) is 0 Å². The number of benzene rings is 1. The van der Waals surface area contributed by atoms with Gasteiger partial charge < -0.3 is 15.5 Å². The summed E-state index contributed by atoms with van der Waals surface area (Å²) in [6, 6.07) is 6.97. The van der Waals surface area contributed by atoms with Crippen LogP contribution in [0.25, 0.3) is 0 Å². The van der Waals surface area contributed by atoms with Gasteiger partial charge in [0.1, 0.15) is 0 Å². The Morgan fingerprint density at radius 1 is 1.42 bits per heavy atom. The van der Waals surface area contributed by atoms with E-state index in [0.29, 0.717) is 12.6 Å². The van der Waals surface area contributed by atoms with Crippen molar-refractivity contribution >= 4 is 11.6 Å². The number of aryl methyl sites for hydroxylation is 1. The maximum Gasteiger partial charge on any atom is 0.239 e. The Bertz CT molecular complexity index is 457. The van der Waals surface area contributed by atoms with Crippen LogP contribution < -0.4 is 15.5 Å². The van der Waals surface area contributed by atoms with Crippen LogP contribution >= 0.6 is 0 Å².